The maximum absolute atomic E-state index is 12.3. The van der Waals surface area contributed by atoms with Crippen molar-refractivity contribution in [2.45, 2.75) is 25.7 Å². The fourth-order valence-electron chi connectivity index (χ4n) is 2.34. The number of carbonyl (C=O) groups is 1. The standard InChI is InChI=1S/C13H20N4O/c14-9-11(8-12-4-5-15-10-16-12)13(18)17-6-2-1-3-7-17/h4-5,10-11H,1-3,6-9,14H2. The molecule has 0 radical (unpaired) electrons. The summed E-state index contributed by atoms with van der Waals surface area (Å²) < 4.78 is 0. The van der Waals surface area contributed by atoms with E-state index < -0.39 is 0 Å². The lowest BCUT2D eigenvalue weighted by atomic mass is 10.00. The van der Waals surface area contributed by atoms with Crippen LogP contribution in [0.5, 0.6) is 0 Å². The number of carbonyl (C=O) groups excluding carboxylic acids is 1. The second-order valence-corrected chi connectivity index (χ2v) is 4.72. The molecule has 1 atom stereocenters. The highest BCUT2D eigenvalue weighted by molar-refractivity contribution is 5.79. The predicted molar refractivity (Wildman–Crippen MR) is 68.7 cm³/mol. The van der Waals surface area contributed by atoms with Gasteiger partial charge in [0.05, 0.1) is 5.92 Å². The van der Waals surface area contributed by atoms with Gasteiger partial charge in [-0.15, -0.1) is 0 Å². The second-order valence-electron chi connectivity index (χ2n) is 4.72. The molecule has 0 spiro atoms. The van der Waals surface area contributed by atoms with E-state index in [1.54, 1.807) is 6.20 Å². The number of nitrogens with zero attached hydrogens (tertiary/aromatic N) is 3. The lowest BCUT2D eigenvalue weighted by molar-refractivity contribution is -0.136. The molecular formula is C13H20N4O. The van der Waals surface area contributed by atoms with Gasteiger partial charge in [-0.05, 0) is 25.3 Å². The summed E-state index contributed by atoms with van der Waals surface area (Å²) in [5.74, 6) is 0.0220. The molecule has 0 saturated carbocycles. The zero-order chi connectivity index (χ0) is 12.8. The van der Waals surface area contributed by atoms with Crippen LogP contribution in [0.1, 0.15) is 25.0 Å². The molecule has 0 aliphatic carbocycles. The molecule has 18 heavy (non-hydrogen) atoms. The number of likely N-dealkylation sites (tertiary alicyclic amines) is 1. The van der Waals surface area contributed by atoms with Crippen LogP contribution in [-0.4, -0.2) is 40.4 Å². The Labute approximate surface area is 107 Å². The van der Waals surface area contributed by atoms with Gasteiger partial charge in [0.1, 0.15) is 6.33 Å². The number of hydrogen-bond acceptors (Lipinski definition) is 4. The van der Waals surface area contributed by atoms with Crippen LogP contribution in [0.25, 0.3) is 0 Å². The van der Waals surface area contributed by atoms with Crippen molar-refractivity contribution >= 4 is 5.91 Å². The van der Waals surface area contributed by atoms with E-state index in [1.807, 2.05) is 11.0 Å². The van der Waals surface area contributed by atoms with Crippen LogP contribution in [-0.2, 0) is 11.2 Å². The highest BCUT2D eigenvalue weighted by Crippen LogP contribution is 2.14. The van der Waals surface area contributed by atoms with Crippen molar-refractivity contribution in [3.05, 3.63) is 24.3 Å². The number of piperidine rings is 1. The Kier molecular flexibility index (Phi) is 4.64. The highest BCUT2D eigenvalue weighted by Gasteiger charge is 2.24. The summed E-state index contributed by atoms with van der Waals surface area (Å²) in [7, 11) is 0. The van der Waals surface area contributed by atoms with Crippen LogP contribution < -0.4 is 5.73 Å². The van der Waals surface area contributed by atoms with Crippen LogP contribution >= 0.6 is 0 Å². The van der Waals surface area contributed by atoms with Crippen molar-refractivity contribution in [2.75, 3.05) is 19.6 Å². The van der Waals surface area contributed by atoms with Gasteiger partial charge in [-0.25, -0.2) is 9.97 Å². The third-order valence-corrected chi connectivity index (χ3v) is 3.40. The maximum atomic E-state index is 12.3. The summed E-state index contributed by atoms with van der Waals surface area (Å²) in [6.07, 6.45) is 7.25. The Morgan fingerprint density at radius 3 is 2.78 bits per heavy atom. The molecule has 1 unspecified atom stereocenters. The maximum Gasteiger partial charge on any atom is 0.227 e. The molecule has 2 rings (SSSR count). The summed E-state index contributed by atoms with van der Waals surface area (Å²) in [5, 5.41) is 0. The van der Waals surface area contributed by atoms with E-state index >= 15 is 0 Å². The molecule has 5 nitrogen and oxygen atoms in total. The van der Waals surface area contributed by atoms with Gasteiger partial charge < -0.3 is 10.6 Å². The first kappa shape index (κ1) is 13.0. The van der Waals surface area contributed by atoms with Crippen molar-refractivity contribution in [3.63, 3.8) is 0 Å². The molecule has 2 N–H and O–H groups in total. The smallest absolute Gasteiger partial charge is 0.227 e. The van der Waals surface area contributed by atoms with Crippen molar-refractivity contribution < 1.29 is 4.79 Å². The number of aromatic nitrogens is 2. The lowest BCUT2D eigenvalue weighted by Crippen LogP contribution is -2.42. The van der Waals surface area contributed by atoms with Crippen LogP contribution in [0.2, 0.25) is 0 Å². The van der Waals surface area contributed by atoms with Gasteiger partial charge >= 0.3 is 0 Å². The molecule has 1 aliphatic heterocycles. The van der Waals surface area contributed by atoms with Crippen molar-refractivity contribution in [3.8, 4) is 0 Å². The zero-order valence-electron chi connectivity index (χ0n) is 10.6. The average molecular weight is 248 g/mol. The van der Waals surface area contributed by atoms with Gasteiger partial charge in [0.15, 0.2) is 0 Å². The summed E-state index contributed by atoms with van der Waals surface area (Å²) >= 11 is 0. The quantitative estimate of drug-likeness (QED) is 0.847. The first-order valence-corrected chi connectivity index (χ1v) is 6.55. The van der Waals surface area contributed by atoms with E-state index in [0.29, 0.717) is 13.0 Å². The van der Waals surface area contributed by atoms with Gasteiger partial charge in [-0.2, -0.15) is 0 Å². The van der Waals surface area contributed by atoms with Gasteiger partial charge in [0.2, 0.25) is 5.91 Å². The Morgan fingerprint density at radius 2 is 2.17 bits per heavy atom. The fourth-order valence-corrected chi connectivity index (χ4v) is 2.34. The Balaban J connectivity index is 1.97. The zero-order valence-corrected chi connectivity index (χ0v) is 10.6. The third-order valence-electron chi connectivity index (χ3n) is 3.40. The molecule has 1 aromatic heterocycles. The van der Waals surface area contributed by atoms with Crippen LogP contribution in [0.3, 0.4) is 0 Å². The molecule has 1 aliphatic rings. The monoisotopic (exact) mass is 248 g/mol. The topological polar surface area (TPSA) is 72.1 Å². The highest BCUT2D eigenvalue weighted by atomic mass is 16.2. The van der Waals surface area contributed by atoms with Crippen molar-refractivity contribution in [1.82, 2.24) is 14.9 Å². The molecule has 0 aromatic carbocycles. The van der Waals surface area contributed by atoms with E-state index in [4.69, 9.17) is 5.73 Å². The minimum absolute atomic E-state index is 0.155. The third kappa shape index (κ3) is 3.26. The van der Waals surface area contributed by atoms with Gasteiger partial charge in [-0.1, -0.05) is 0 Å². The normalized spacial score (nSPS) is 17.5. The molecule has 0 bridgehead atoms. The van der Waals surface area contributed by atoms with Gasteiger partial charge in [0.25, 0.3) is 0 Å². The lowest BCUT2D eigenvalue weighted by Gasteiger charge is -2.30. The molecule has 1 saturated heterocycles. The number of nitrogens with two attached hydrogens (primary N) is 1. The van der Waals surface area contributed by atoms with Gasteiger partial charge in [-0.3, -0.25) is 4.79 Å². The van der Waals surface area contributed by atoms with Crippen LogP contribution in [0.15, 0.2) is 18.6 Å². The predicted octanol–water partition coefficient (Wildman–Crippen LogP) is 0.606. The summed E-state index contributed by atoms with van der Waals surface area (Å²) in [4.78, 5) is 22.3. The first-order valence-electron chi connectivity index (χ1n) is 6.55. The Hall–Kier alpha value is -1.49. The number of hydrogen-bond donors (Lipinski definition) is 1. The van der Waals surface area contributed by atoms with Crippen molar-refractivity contribution in [1.29, 1.82) is 0 Å². The van der Waals surface area contributed by atoms with E-state index in [9.17, 15) is 4.79 Å². The van der Waals surface area contributed by atoms with Crippen LogP contribution in [0, 0.1) is 5.92 Å². The van der Waals surface area contributed by atoms with E-state index in [0.717, 1.165) is 31.6 Å². The molecule has 1 amide bonds. The minimum Gasteiger partial charge on any atom is -0.342 e. The molecule has 2 heterocycles. The number of rotatable bonds is 4. The molecule has 98 valence electrons. The summed E-state index contributed by atoms with van der Waals surface area (Å²) in [5.41, 5.74) is 6.62. The summed E-state index contributed by atoms with van der Waals surface area (Å²) in [6.45, 7) is 2.12. The van der Waals surface area contributed by atoms with Gasteiger partial charge in [0, 0.05) is 37.9 Å². The SMILES string of the molecule is NCC(Cc1ccncn1)C(=O)N1CCCCC1. The second kappa shape index (κ2) is 6.44. The summed E-state index contributed by atoms with van der Waals surface area (Å²) in [6, 6.07) is 1.84. The Bertz CT molecular complexity index is 376. The fraction of sp³-hybridized carbons (Fsp3) is 0.615. The largest absolute Gasteiger partial charge is 0.342 e. The first-order chi connectivity index (χ1) is 8.81. The van der Waals surface area contributed by atoms with Crippen molar-refractivity contribution in [2.24, 2.45) is 11.7 Å². The molecule has 1 aromatic rings. The van der Waals surface area contributed by atoms with E-state index in [-0.39, 0.29) is 11.8 Å². The molecule has 5 heteroatoms. The van der Waals surface area contributed by atoms with E-state index in [1.165, 1.54) is 12.7 Å². The average Bonchev–Trinajstić information content (AvgIpc) is 2.46. The number of amides is 1. The van der Waals surface area contributed by atoms with E-state index in [2.05, 4.69) is 9.97 Å². The minimum atomic E-state index is -0.155. The molecule has 1 fully saturated rings. The Morgan fingerprint density at radius 1 is 1.39 bits per heavy atom. The molecular weight excluding hydrogens is 228 g/mol. The van der Waals surface area contributed by atoms with Crippen LogP contribution in [0.4, 0.5) is 0 Å².